The second-order valence-corrected chi connectivity index (χ2v) is 8.18. The summed E-state index contributed by atoms with van der Waals surface area (Å²) in [5.74, 6) is 0. The maximum absolute atomic E-state index is 8.86. The molecule has 2 heteroatoms. The van der Waals surface area contributed by atoms with Crippen LogP contribution in [-0.4, -0.2) is 18.3 Å². The van der Waals surface area contributed by atoms with Gasteiger partial charge in [-0.3, -0.25) is 0 Å². The average Bonchev–Trinajstić information content (AvgIpc) is 2.84. The molecule has 164 valence electrons. The van der Waals surface area contributed by atoms with Crippen molar-refractivity contribution >= 4 is 0 Å². The van der Waals surface area contributed by atoms with Gasteiger partial charge in [0, 0.05) is 13.2 Å². The highest BCUT2D eigenvalue weighted by atomic mass is 16.5. The van der Waals surface area contributed by atoms with Crippen LogP contribution >= 0.6 is 0 Å². The first-order valence-electron chi connectivity index (χ1n) is 11.8. The van der Waals surface area contributed by atoms with Gasteiger partial charge in [0.2, 0.25) is 0 Å². The molecule has 0 aromatic heterocycles. The van der Waals surface area contributed by atoms with Crippen LogP contribution in [0.2, 0.25) is 0 Å². The first-order valence-corrected chi connectivity index (χ1v) is 11.8. The molecule has 3 aromatic carbocycles. The van der Waals surface area contributed by atoms with Gasteiger partial charge in [0.05, 0.1) is 0 Å². The van der Waals surface area contributed by atoms with E-state index >= 15 is 0 Å². The standard InChI is InChI=1S/C29H36O2/c30-24-16-5-3-1-2-4-6-17-25-31-29(26-18-10-7-11-19-26,27-20-12-8-13-21-27)28-22-14-9-15-23-28/h7-15,18-23,30H,1-6,16-17,24-25H2. The third kappa shape index (κ3) is 6.53. The van der Waals surface area contributed by atoms with E-state index in [1.165, 1.54) is 32.1 Å². The Morgan fingerprint density at radius 2 is 0.839 bits per heavy atom. The normalized spacial score (nSPS) is 11.5. The minimum Gasteiger partial charge on any atom is -0.396 e. The van der Waals surface area contributed by atoms with Gasteiger partial charge in [-0.1, -0.05) is 130 Å². The lowest BCUT2D eigenvalue weighted by molar-refractivity contribution is 0.0106. The van der Waals surface area contributed by atoms with Crippen LogP contribution in [0.1, 0.15) is 68.1 Å². The van der Waals surface area contributed by atoms with Crippen molar-refractivity contribution in [2.75, 3.05) is 13.2 Å². The summed E-state index contributed by atoms with van der Waals surface area (Å²) < 4.78 is 6.82. The fourth-order valence-corrected chi connectivity index (χ4v) is 4.27. The van der Waals surface area contributed by atoms with Gasteiger partial charge < -0.3 is 9.84 Å². The van der Waals surface area contributed by atoms with Crippen LogP contribution in [0.5, 0.6) is 0 Å². The third-order valence-electron chi connectivity index (χ3n) is 5.91. The van der Waals surface area contributed by atoms with E-state index in [1.807, 2.05) is 0 Å². The molecule has 3 rings (SSSR count). The van der Waals surface area contributed by atoms with E-state index in [-0.39, 0.29) is 0 Å². The number of unbranched alkanes of at least 4 members (excludes halogenated alkanes) is 7. The van der Waals surface area contributed by atoms with Crippen LogP contribution in [0.3, 0.4) is 0 Å². The van der Waals surface area contributed by atoms with Gasteiger partial charge in [0.1, 0.15) is 5.60 Å². The van der Waals surface area contributed by atoms with E-state index in [0.29, 0.717) is 6.61 Å². The minimum atomic E-state index is -0.603. The lowest BCUT2D eigenvalue weighted by atomic mass is 9.80. The van der Waals surface area contributed by atoms with Gasteiger partial charge in [-0.25, -0.2) is 0 Å². The molecule has 0 heterocycles. The van der Waals surface area contributed by atoms with Gasteiger partial charge in [-0.15, -0.1) is 0 Å². The molecule has 2 nitrogen and oxygen atoms in total. The number of aliphatic hydroxyl groups is 1. The number of ether oxygens (including phenoxy) is 1. The second kappa shape index (κ2) is 13.1. The summed E-state index contributed by atoms with van der Waals surface area (Å²) >= 11 is 0. The predicted molar refractivity (Wildman–Crippen MR) is 129 cm³/mol. The van der Waals surface area contributed by atoms with Crippen molar-refractivity contribution in [1.82, 2.24) is 0 Å². The van der Waals surface area contributed by atoms with Crippen molar-refractivity contribution < 1.29 is 9.84 Å². The number of hydrogen-bond donors (Lipinski definition) is 1. The molecule has 3 aromatic rings. The molecule has 0 bridgehead atoms. The molecule has 0 unspecified atom stereocenters. The fraction of sp³-hybridized carbons (Fsp3) is 0.379. The summed E-state index contributed by atoms with van der Waals surface area (Å²) in [5.41, 5.74) is 2.89. The van der Waals surface area contributed by atoms with Crippen molar-refractivity contribution in [1.29, 1.82) is 0 Å². The highest BCUT2D eigenvalue weighted by Crippen LogP contribution is 2.40. The molecular weight excluding hydrogens is 380 g/mol. The summed E-state index contributed by atoms with van der Waals surface area (Å²) in [4.78, 5) is 0. The van der Waals surface area contributed by atoms with E-state index in [9.17, 15) is 0 Å². The van der Waals surface area contributed by atoms with E-state index < -0.39 is 5.60 Å². The number of benzene rings is 3. The van der Waals surface area contributed by atoms with Gasteiger partial charge >= 0.3 is 0 Å². The molecule has 0 amide bonds. The van der Waals surface area contributed by atoms with E-state index in [1.54, 1.807) is 0 Å². The quantitative estimate of drug-likeness (QED) is 0.224. The van der Waals surface area contributed by atoms with Crippen molar-refractivity contribution in [3.05, 3.63) is 108 Å². The van der Waals surface area contributed by atoms with Crippen molar-refractivity contribution in [3.63, 3.8) is 0 Å². The molecular formula is C29H36O2. The largest absolute Gasteiger partial charge is 0.396 e. The minimum absolute atomic E-state index is 0.323. The van der Waals surface area contributed by atoms with Crippen LogP contribution in [0.15, 0.2) is 91.0 Å². The zero-order valence-corrected chi connectivity index (χ0v) is 18.6. The van der Waals surface area contributed by atoms with Crippen LogP contribution in [0, 0.1) is 0 Å². The maximum Gasteiger partial charge on any atom is 0.143 e. The molecule has 0 atom stereocenters. The molecule has 0 aliphatic heterocycles. The molecule has 0 radical (unpaired) electrons. The van der Waals surface area contributed by atoms with Crippen LogP contribution < -0.4 is 0 Å². The van der Waals surface area contributed by atoms with Crippen LogP contribution in [0.4, 0.5) is 0 Å². The van der Waals surface area contributed by atoms with Gasteiger partial charge in [0.15, 0.2) is 0 Å². The molecule has 1 N–H and O–H groups in total. The summed E-state index contributed by atoms with van der Waals surface area (Å²) in [5, 5.41) is 8.86. The van der Waals surface area contributed by atoms with E-state index in [0.717, 1.165) is 42.6 Å². The van der Waals surface area contributed by atoms with Crippen LogP contribution in [0.25, 0.3) is 0 Å². The number of hydrogen-bond acceptors (Lipinski definition) is 2. The van der Waals surface area contributed by atoms with Gasteiger partial charge in [0.25, 0.3) is 0 Å². The maximum atomic E-state index is 8.86. The van der Waals surface area contributed by atoms with Gasteiger partial charge in [-0.05, 0) is 29.5 Å². The Morgan fingerprint density at radius 1 is 0.484 bits per heavy atom. The fourth-order valence-electron chi connectivity index (χ4n) is 4.27. The Hall–Kier alpha value is -2.42. The highest BCUT2D eigenvalue weighted by molar-refractivity contribution is 5.47. The predicted octanol–water partition coefficient (Wildman–Crippen LogP) is 7.11. The van der Waals surface area contributed by atoms with Gasteiger partial charge in [-0.2, -0.15) is 0 Å². The lowest BCUT2D eigenvalue weighted by Crippen LogP contribution is -2.33. The first kappa shape index (κ1) is 23.2. The Labute approximate surface area is 187 Å². The Morgan fingerprint density at radius 3 is 1.23 bits per heavy atom. The van der Waals surface area contributed by atoms with E-state index in [2.05, 4.69) is 91.0 Å². The Bertz CT molecular complexity index is 734. The molecule has 0 fully saturated rings. The smallest absolute Gasteiger partial charge is 0.143 e. The van der Waals surface area contributed by atoms with Crippen molar-refractivity contribution in [2.24, 2.45) is 0 Å². The monoisotopic (exact) mass is 416 g/mol. The molecule has 31 heavy (non-hydrogen) atoms. The van der Waals surface area contributed by atoms with E-state index in [4.69, 9.17) is 9.84 Å². The molecule has 0 saturated heterocycles. The summed E-state index contributed by atoms with van der Waals surface area (Å²) in [6.07, 6.45) is 9.35. The first-order chi connectivity index (χ1) is 15.4. The SMILES string of the molecule is OCCCCCCCCCCOC(c1ccccc1)(c1ccccc1)c1ccccc1. The molecule has 0 saturated carbocycles. The summed E-state index contributed by atoms with van der Waals surface area (Å²) in [6.45, 7) is 1.05. The molecule has 0 spiro atoms. The third-order valence-corrected chi connectivity index (χ3v) is 5.91. The molecule has 0 aliphatic rings. The number of aliphatic hydroxyl groups excluding tert-OH is 1. The van der Waals surface area contributed by atoms with Crippen molar-refractivity contribution in [3.8, 4) is 0 Å². The zero-order chi connectivity index (χ0) is 21.6. The second-order valence-electron chi connectivity index (χ2n) is 8.18. The topological polar surface area (TPSA) is 29.5 Å². The zero-order valence-electron chi connectivity index (χ0n) is 18.6. The summed E-state index contributed by atoms with van der Waals surface area (Å²) in [6, 6.07) is 31.8. The number of rotatable bonds is 14. The lowest BCUT2D eigenvalue weighted by Gasteiger charge is -2.36. The molecule has 0 aliphatic carbocycles. The van der Waals surface area contributed by atoms with Crippen molar-refractivity contribution in [2.45, 2.75) is 57.0 Å². The summed E-state index contributed by atoms with van der Waals surface area (Å²) in [7, 11) is 0. The Balaban J connectivity index is 1.70. The Kier molecular flexibility index (Phi) is 9.82. The average molecular weight is 417 g/mol. The van der Waals surface area contributed by atoms with Crippen LogP contribution in [-0.2, 0) is 10.3 Å². The highest BCUT2D eigenvalue weighted by Gasteiger charge is 2.37.